The summed E-state index contributed by atoms with van der Waals surface area (Å²) in [5.74, 6) is -0.634. The molecule has 0 aromatic heterocycles. The zero-order chi connectivity index (χ0) is 57.9. The van der Waals surface area contributed by atoms with Gasteiger partial charge in [-0.2, -0.15) is 0 Å². The molecule has 0 aliphatic carbocycles. The van der Waals surface area contributed by atoms with E-state index < -0.39 is 32.5 Å². The Kier molecular flexibility index (Phi) is 54.6. The Bertz CT molecular complexity index is 1810. The van der Waals surface area contributed by atoms with E-state index in [-0.39, 0.29) is 25.4 Å². The molecule has 0 radical (unpaired) electrons. The summed E-state index contributed by atoms with van der Waals surface area (Å²) in [6.45, 7) is 6.62. The lowest BCUT2D eigenvalue weighted by Gasteiger charge is -2.30. The van der Waals surface area contributed by atoms with Gasteiger partial charge in [-0.05, 0) is 122 Å². The van der Waals surface area contributed by atoms with Crippen LogP contribution < -0.4 is 10.2 Å². The van der Waals surface area contributed by atoms with Gasteiger partial charge < -0.3 is 28.5 Å². The number of unbranched alkanes of at least 4 members (excludes halogenated alkanes) is 19. The number of quaternary nitrogens is 1. The molecule has 3 unspecified atom stereocenters. The first kappa shape index (κ1) is 75.2. The molecular formula is C69H117N2O7P. The minimum absolute atomic E-state index is 0.0414. The van der Waals surface area contributed by atoms with E-state index in [4.69, 9.17) is 13.8 Å². The van der Waals surface area contributed by atoms with Crippen LogP contribution >= 0.6 is 7.82 Å². The monoisotopic (exact) mass is 1120 g/mol. The second-order valence-electron chi connectivity index (χ2n) is 21.8. The molecule has 0 fully saturated rings. The van der Waals surface area contributed by atoms with Gasteiger partial charge in [0.2, 0.25) is 5.91 Å². The van der Waals surface area contributed by atoms with Gasteiger partial charge in [-0.1, -0.05) is 238 Å². The van der Waals surface area contributed by atoms with E-state index in [1.54, 1.807) is 6.08 Å². The molecule has 0 aliphatic rings. The Morgan fingerprint density at radius 2 is 0.823 bits per heavy atom. The van der Waals surface area contributed by atoms with Crippen molar-refractivity contribution in [3.63, 3.8) is 0 Å². The number of nitrogens with zero attached hydrogens (tertiary/aromatic N) is 1. The summed E-state index contributed by atoms with van der Waals surface area (Å²) in [6, 6.07) is -0.928. The van der Waals surface area contributed by atoms with Crippen molar-refractivity contribution in [2.75, 3.05) is 40.9 Å². The zero-order valence-corrected chi connectivity index (χ0v) is 52.2. The van der Waals surface area contributed by atoms with E-state index in [0.29, 0.717) is 23.9 Å². The van der Waals surface area contributed by atoms with Crippen molar-refractivity contribution in [3.05, 3.63) is 134 Å². The molecule has 450 valence electrons. The first-order chi connectivity index (χ1) is 38.4. The number of likely N-dealkylation sites (N-methyl/N-ethyl adjacent to an activating group) is 1. The van der Waals surface area contributed by atoms with E-state index in [1.807, 2.05) is 27.2 Å². The summed E-state index contributed by atoms with van der Waals surface area (Å²) in [6.07, 6.45) is 81.4. The highest BCUT2D eigenvalue weighted by Gasteiger charge is 2.27. The first-order valence-electron chi connectivity index (χ1n) is 31.5. The predicted octanol–water partition coefficient (Wildman–Crippen LogP) is 19.0. The zero-order valence-electron chi connectivity index (χ0n) is 51.3. The van der Waals surface area contributed by atoms with Gasteiger partial charge in [-0.25, -0.2) is 0 Å². The maximum absolute atomic E-state index is 13.5. The standard InChI is InChI=1S/C69H117N2O7P/c1-7-10-13-16-19-22-25-27-29-31-32-33-34-35-36-37-38-40-41-43-46-49-52-55-58-61-68(72)70-66(65-77-79(74,75)76-64-63-71(4,5)6)67(60-57-54-51-48-45-24-21-18-15-12-9-3)78-69(73)62-59-56-53-50-47-44-42-39-30-28-26-23-20-17-14-11-8-2/h10,13,19-20,22-23,27-30,32-33,35-36,38,40,42,44,50,53,57,60,66-67H,7-9,11-12,14-18,21,24-26,31,34,37,39,41,43,45-49,51-52,54-56,58-59,61-65H2,1-6H3,(H-,70,72,74,75)/b13-10-,22-19-,23-20-,29-27-,30-28-,33-32-,36-35-,40-38-,44-42-,53-50-,60-57-. The van der Waals surface area contributed by atoms with Crippen molar-refractivity contribution in [2.45, 2.75) is 251 Å². The molecule has 0 bridgehead atoms. The van der Waals surface area contributed by atoms with E-state index >= 15 is 0 Å². The van der Waals surface area contributed by atoms with E-state index in [0.717, 1.165) is 122 Å². The number of phosphoric acid groups is 1. The Balaban J connectivity index is 5.28. The highest BCUT2D eigenvalue weighted by Crippen LogP contribution is 2.38. The molecule has 3 atom stereocenters. The molecule has 0 rings (SSSR count). The fourth-order valence-electron chi connectivity index (χ4n) is 8.22. The fraction of sp³-hybridized carbons (Fsp3) is 0.652. The maximum Gasteiger partial charge on any atom is 0.306 e. The number of nitrogens with one attached hydrogen (secondary N) is 1. The molecular weight excluding hydrogens is 1000 g/mol. The average Bonchev–Trinajstić information content (AvgIpc) is 3.41. The van der Waals surface area contributed by atoms with Gasteiger partial charge in [0.15, 0.2) is 0 Å². The number of allylic oxidation sites excluding steroid dienone is 21. The van der Waals surface area contributed by atoms with Gasteiger partial charge in [0.1, 0.15) is 19.3 Å². The van der Waals surface area contributed by atoms with E-state index in [2.05, 4.69) is 148 Å². The molecule has 0 aromatic rings. The molecule has 10 heteroatoms. The number of carbonyl (C=O) groups excluding carboxylic acids is 2. The molecule has 1 N–H and O–H groups in total. The lowest BCUT2D eigenvalue weighted by molar-refractivity contribution is -0.870. The second-order valence-corrected chi connectivity index (χ2v) is 23.2. The predicted molar refractivity (Wildman–Crippen MR) is 339 cm³/mol. The number of ether oxygens (including phenoxy) is 1. The molecule has 0 saturated carbocycles. The van der Waals surface area contributed by atoms with Gasteiger partial charge in [0.05, 0.1) is 33.8 Å². The third-order valence-corrected chi connectivity index (χ3v) is 14.0. The third kappa shape index (κ3) is 58.6. The summed E-state index contributed by atoms with van der Waals surface area (Å²) in [5.41, 5.74) is 0. The number of hydrogen-bond acceptors (Lipinski definition) is 7. The molecule has 79 heavy (non-hydrogen) atoms. The van der Waals surface area contributed by atoms with Crippen molar-refractivity contribution in [2.24, 2.45) is 0 Å². The van der Waals surface area contributed by atoms with Crippen molar-refractivity contribution in [3.8, 4) is 0 Å². The third-order valence-electron chi connectivity index (χ3n) is 13.1. The number of hydrogen-bond donors (Lipinski definition) is 1. The minimum Gasteiger partial charge on any atom is -0.756 e. The average molecular weight is 1120 g/mol. The largest absolute Gasteiger partial charge is 0.756 e. The lowest BCUT2D eigenvalue weighted by atomic mass is 10.1. The smallest absolute Gasteiger partial charge is 0.306 e. The number of amides is 1. The highest BCUT2D eigenvalue weighted by atomic mass is 31.2. The van der Waals surface area contributed by atoms with Crippen LogP contribution in [0.1, 0.15) is 239 Å². The van der Waals surface area contributed by atoms with Gasteiger partial charge in [0, 0.05) is 12.8 Å². The van der Waals surface area contributed by atoms with Crippen molar-refractivity contribution in [1.82, 2.24) is 5.32 Å². The van der Waals surface area contributed by atoms with Crippen molar-refractivity contribution in [1.29, 1.82) is 0 Å². The fourth-order valence-corrected chi connectivity index (χ4v) is 8.94. The molecule has 0 heterocycles. The molecule has 0 aliphatic heterocycles. The van der Waals surface area contributed by atoms with Crippen LogP contribution in [-0.2, 0) is 27.9 Å². The maximum atomic E-state index is 13.5. The lowest BCUT2D eigenvalue weighted by Crippen LogP contribution is -2.47. The molecule has 0 spiro atoms. The van der Waals surface area contributed by atoms with Gasteiger partial charge in [0.25, 0.3) is 7.82 Å². The first-order valence-corrected chi connectivity index (χ1v) is 33.0. The van der Waals surface area contributed by atoms with Crippen LogP contribution in [0.4, 0.5) is 0 Å². The van der Waals surface area contributed by atoms with Crippen LogP contribution in [0.3, 0.4) is 0 Å². The summed E-state index contributed by atoms with van der Waals surface area (Å²) in [5, 5.41) is 3.00. The van der Waals surface area contributed by atoms with Gasteiger partial charge in [-0.3, -0.25) is 14.2 Å². The Morgan fingerprint density at radius 3 is 1.27 bits per heavy atom. The van der Waals surface area contributed by atoms with Crippen LogP contribution in [0.5, 0.6) is 0 Å². The molecule has 1 amide bonds. The molecule has 0 saturated heterocycles. The van der Waals surface area contributed by atoms with E-state index in [1.165, 1.54) is 70.6 Å². The number of rotatable bonds is 55. The normalized spacial score (nSPS) is 14.6. The summed E-state index contributed by atoms with van der Waals surface area (Å²) in [4.78, 5) is 40.0. The van der Waals surface area contributed by atoms with Crippen LogP contribution in [-0.4, -0.2) is 69.4 Å². The number of esters is 1. The van der Waals surface area contributed by atoms with Crippen LogP contribution in [0, 0.1) is 0 Å². The topological polar surface area (TPSA) is 114 Å². The molecule has 9 nitrogen and oxygen atoms in total. The minimum atomic E-state index is -4.72. The quantitative estimate of drug-likeness (QED) is 0.0212. The Hall–Kier alpha value is -3.85. The van der Waals surface area contributed by atoms with Crippen LogP contribution in [0.25, 0.3) is 0 Å². The summed E-state index contributed by atoms with van der Waals surface area (Å²) in [7, 11) is 1.12. The van der Waals surface area contributed by atoms with Crippen molar-refractivity contribution < 1.29 is 37.3 Å². The highest BCUT2D eigenvalue weighted by molar-refractivity contribution is 7.45. The summed E-state index contributed by atoms with van der Waals surface area (Å²) >= 11 is 0. The number of phosphoric ester groups is 1. The number of carbonyl (C=O) groups is 2. The van der Waals surface area contributed by atoms with Gasteiger partial charge >= 0.3 is 5.97 Å². The Morgan fingerprint density at radius 1 is 0.456 bits per heavy atom. The van der Waals surface area contributed by atoms with Crippen molar-refractivity contribution >= 4 is 19.7 Å². The van der Waals surface area contributed by atoms with Crippen LogP contribution in [0.2, 0.25) is 0 Å². The SMILES string of the molecule is CC/C=C\C/C=C\C/C=C\C/C=C\C/C=C\C/C=C\CCCCCCCCC(=O)NC(COP(=O)([O-])OCC[N+](C)(C)C)C(/C=C\CCCCCCCCCCC)OC(=O)CCC/C=C\C/C=C\C/C=C\C/C=C\CCCCC. The second kappa shape index (κ2) is 57.4. The Labute approximate surface area is 485 Å². The summed E-state index contributed by atoms with van der Waals surface area (Å²) < 4.78 is 30.2. The van der Waals surface area contributed by atoms with Gasteiger partial charge in [-0.15, -0.1) is 0 Å². The van der Waals surface area contributed by atoms with Crippen LogP contribution in [0.15, 0.2) is 134 Å². The molecule has 0 aromatic carbocycles. The van der Waals surface area contributed by atoms with E-state index in [9.17, 15) is 19.0 Å².